The summed E-state index contributed by atoms with van der Waals surface area (Å²) in [6.07, 6.45) is 3.27. The van der Waals surface area contributed by atoms with Crippen LogP contribution < -0.4 is 16.0 Å². The van der Waals surface area contributed by atoms with Gasteiger partial charge in [0, 0.05) is 42.0 Å². The summed E-state index contributed by atoms with van der Waals surface area (Å²) in [5.74, 6) is 3.90. The van der Waals surface area contributed by atoms with Crippen molar-refractivity contribution in [2.75, 3.05) is 0 Å². The monoisotopic (exact) mass is 630 g/mol. The molecule has 0 radical (unpaired) electrons. The number of amides is 3. The number of carbonyl (C=O) groups is 3. The Kier molecular flexibility index (Phi) is 8.43. The van der Waals surface area contributed by atoms with Crippen molar-refractivity contribution < 1.29 is 14.4 Å². The van der Waals surface area contributed by atoms with Crippen LogP contribution in [0.25, 0.3) is 21.9 Å². The number of aryl methyl sites for hydroxylation is 2. The average molecular weight is 631 g/mol. The van der Waals surface area contributed by atoms with Gasteiger partial charge in [-0.05, 0) is 85.2 Å². The third kappa shape index (κ3) is 6.28. The van der Waals surface area contributed by atoms with E-state index in [2.05, 4.69) is 69.1 Å². The first-order valence-electron chi connectivity index (χ1n) is 15.1. The SMILES string of the molecule is Cc1nn(C)c(C)c1-c1cc(C2(NC(=O)c3ccccc3CNC(=O)C(=O)N[C@@H](C)C#Cc3nccs3)CC2)cc2ccccc12. The van der Waals surface area contributed by atoms with Gasteiger partial charge in [0.05, 0.1) is 17.3 Å². The average Bonchev–Trinajstić information content (AvgIpc) is 3.54. The van der Waals surface area contributed by atoms with Crippen molar-refractivity contribution in [1.29, 1.82) is 0 Å². The van der Waals surface area contributed by atoms with E-state index in [1.807, 2.05) is 36.2 Å². The number of benzene rings is 3. The van der Waals surface area contributed by atoms with E-state index >= 15 is 0 Å². The van der Waals surface area contributed by atoms with Gasteiger partial charge in [-0.3, -0.25) is 19.1 Å². The van der Waals surface area contributed by atoms with Crippen LogP contribution in [-0.4, -0.2) is 38.5 Å². The highest BCUT2D eigenvalue weighted by molar-refractivity contribution is 7.10. The lowest BCUT2D eigenvalue weighted by atomic mass is 9.91. The Morgan fingerprint density at radius 3 is 2.52 bits per heavy atom. The topological polar surface area (TPSA) is 118 Å². The third-order valence-electron chi connectivity index (χ3n) is 8.38. The van der Waals surface area contributed by atoms with Crippen LogP contribution in [-0.2, 0) is 28.7 Å². The molecule has 1 aliphatic carbocycles. The fourth-order valence-corrected chi connectivity index (χ4v) is 6.25. The van der Waals surface area contributed by atoms with E-state index in [1.54, 1.807) is 37.4 Å². The van der Waals surface area contributed by atoms with Crippen LogP contribution in [0.15, 0.2) is 72.2 Å². The normalized spacial score (nSPS) is 13.7. The largest absolute Gasteiger partial charge is 0.344 e. The van der Waals surface area contributed by atoms with Gasteiger partial charge in [0.1, 0.15) is 0 Å². The van der Waals surface area contributed by atoms with Crippen LogP contribution in [0.5, 0.6) is 0 Å². The molecular weight excluding hydrogens is 597 g/mol. The number of carbonyl (C=O) groups excluding carboxylic acids is 3. The molecule has 5 aromatic rings. The quantitative estimate of drug-likeness (QED) is 0.175. The van der Waals surface area contributed by atoms with E-state index < -0.39 is 23.4 Å². The molecule has 0 spiro atoms. The van der Waals surface area contributed by atoms with Gasteiger partial charge in [0.2, 0.25) is 0 Å². The Hall–Kier alpha value is -5.27. The maximum atomic E-state index is 13.8. The van der Waals surface area contributed by atoms with Crippen molar-refractivity contribution in [1.82, 2.24) is 30.7 Å². The summed E-state index contributed by atoms with van der Waals surface area (Å²) in [4.78, 5) is 43.0. The molecule has 3 N–H and O–H groups in total. The molecule has 9 nitrogen and oxygen atoms in total. The van der Waals surface area contributed by atoms with E-state index in [1.165, 1.54) is 11.3 Å². The second kappa shape index (κ2) is 12.6. The molecule has 0 unspecified atom stereocenters. The molecule has 1 atom stereocenters. The summed E-state index contributed by atoms with van der Waals surface area (Å²) in [6, 6.07) is 19.2. The third-order valence-corrected chi connectivity index (χ3v) is 9.07. The van der Waals surface area contributed by atoms with Crippen LogP contribution in [0, 0.1) is 25.7 Å². The zero-order valence-electron chi connectivity index (χ0n) is 26.1. The lowest BCUT2D eigenvalue weighted by Gasteiger charge is -2.21. The van der Waals surface area contributed by atoms with Crippen LogP contribution in [0.3, 0.4) is 0 Å². The summed E-state index contributed by atoms with van der Waals surface area (Å²) < 4.78 is 1.90. The molecule has 0 bridgehead atoms. The van der Waals surface area contributed by atoms with Gasteiger partial charge in [-0.1, -0.05) is 48.4 Å². The van der Waals surface area contributed by atoms with Crippen molar-refractivity contribution in [2.24, 2.45) is 7.05 Å². The standard InChI is InChI=1S/C36H34N6O3S/c1-22(13-14-31-37-17-18-46-31)39-35(45)34(44)38-21-26-10-6-8-12-29(26)33(43)40-36(15-16-36)27-19-25-9-5-7-11-28(25)30(20-27)32-23(2)41-42(4)24(32)3/h5-12,17-20,22H,15-16,21H2,1-4H3,(H,38,44)(H,39,45)(H,40,43)/t22-/m0/s1. The van der Waals surface area contributed by atoms with Crippen molar-refractivity contribution in [3.63, 3.8) is 0 Å². The number of rotatable bonds is 7. The van der Waals surface area contributed by atoms with Crippen LogP contribution >= 0.6 is 11.3 Å². The predicted octanol–water partition coefficient (Wildman–Crippen LogP) is 4.91. The molecule has 6 rings (SSSR count). The molecule has 3 amide bonds. The molecular formula is C36H34N6O3S. The Morgan fingerprint density at radius 2 is 1.80 bits per heavy atom. The Labute approximate surface area is 271 Å². The van der Waals surface area contributed by atoms with Crippen molar-refractivity contribution in [2.45, 2.75) is 51.7 Å². The fourth-order valence-electron chi connectivity index (χ4n) is 5.76. The predicted molar refractivity (Wildman–Crippen MR) is 179 cm³/mol. The summed E-state index contributed by atoms with van der Waals surface area (Å²) in [5.41, 5.74) is 5.83. The Bertz CT molecular complexity index is 2030. The van der Waals surface area contributed by atoms with Gasteiger partial charge in [-0.25, -0.2) is 4.98 Å². The van der Waals surface area contributed by atoms with E-state index in [9.17, 15) is 14.4 Å². The zero-order valence-corrected chi connectivity index (χ0v) is 26.9. The molecule has 232 valence electrons. The fraction of sp³-hybridized carbons (Fsp3) is 0.250. The molecule has 3 aromatic carbocycles. The van der Waals surface area contributed by atoms with Crippen LogP contribution in [0.1, 0.15) is 57.6 Å². The minimum Gasteiger partial charge on any atom is -0.344 e. The minimum absolute atomic E-state index is 0.0156. The van der Waals surface area contributed by atoms with E-state index in [-0.39, 0.29) is 12.5 Å². The highest BCUT2D eigenvalue weighted by Gasteiger charge is 2.46. The van der Waals surface area contributed by atoms with E-state index in [0.29, 0.717) is 16.1 Å². The second-order valence-electron chi connectivity index (χ2n) is 11.6. The summed E-state index contributed by atoms with van der Waals surface area (Å²) in [5, 5.41) is 17.9. The molecule has 2 heterocycles. The van der Waals surface area contributed by atoms with Crippen molar-refractivity contribution in [3.05, 3.63) is 105 Å². The first kappa shape index (κ1) is 30.7. The Balaban J connectivity index is 1.18. The van der Waals surface area contributed by atoms with Gasteiger partial charge >= 0.3 is 11.8 Å². The Morgan fingerprint density at radius 1 is 1.04 bits per heavy atom. The van der Waals surface area contributed by atoms with E-state index in [4.69, 9.17) is 0 Å². The van der Waals surface area contributed by atoms with Gasteiger partial charge in [0.15, 0.2) is 5.01 Å². The highest BCUT2D eigenvalue weighted by Crippen LogP contribution is 2.48. The molecule has 46 heavy (non-hydrogen) atoms. The van der Waals surface area contributed by atoms with Gasteiger partial charge in [-0.2, -0.15) is 5.10 Å². The van der Waals surface area contributed by atoms with Crippen LogP contribution in [0.4, 0.5) is 0 Å². The number of hydrogen-bond acceptors (Lipinski definition) is 6. The maximum absolute atomic E-state index is 13.8. The second-order valence-corrected chi connectivity index (χ2v) is 12.5. The molecule has 0 aliphatic heterocycles. The number of nitrogens with one attached hydrogen (secondary N) is 3. The summed E-state index contributed by atoms with van der Waals surface area (Å²) in [7, 11) is 1.95. The first-order chi connectivity index (χ1) is 22.1. The highest BCUT2D eigenvalue weighted by atomic mass is 32.1. The molecule has 1 aliphatic rings. The smallest absolute Gasteiger partial charge is 0.310 e. The van der Waals surface area contributed by atoms with Gasteiger partial charge in [0.25, 0.3) is 5.91 Å². The molecule has 10 heteroatoms. The number of fused-ring (bicyclic) bond motifs is 1. The molecule has 2 aromatic heterocycles. The maximum Gasteiger partial charge on any atom is 0.310 e. The molecule has 0 saturated heterocycles. The number of aromatic nitrogens is 3. The first-order valence-corrected chi connectivity index (χ1v) is 16.0. The lowest BCUT2D eigenvalue weighted by molar-refractivity contribution is -0.139. The molecule has 1 saturated carbocycles. The molecule has 1 fully saturated rings. The number of nitrogens with zero attached hydrogens (tertiary/aromatic N) is 3. The summed E-state index contributed by atoms with van der Waals surface area (Å²) in [6.45, 7) is 5.80. The zero-order chi connectivity index (χ0) is 32.4. The van der Waals surface area contributed by atoms with Crippen LogP contribution in [0.2, 0.25) is 0 Å². The number of thiazole rings is 1. The van der Waals surface area contributed by atoms with Crippen molar-refractivity contribution >= 4 is 39.8 Å². The van der Waals surface area contributed by atoms with Crippen molar-refractivity contribution in [3.8, 4) is 23.0 Å². The van der Waals surface area contributed by atoms with E-state index in [0.717, 1.165) is 51.7 Å². The van der Waals surface area contributed by atoms with Gasteiger partial charge < -0.3 is 16.0 Å². The lowest BCUT2D eigenvalue weighted by Crippen LogP contribution is -2.43. The number of hydrogen-bond donors (Lipinski definition) is 3. The van der Waals surface area contributed by atoms with Gasteiger partial charge in [-0.15, -0.1) is 11.3 Å². The summed E-state index contributed by atoms with van der Waals surface area (Å²) >= 11 is 1.39. The minimum atomic E-state index is -0.804.